The lowest BCUT2D eigenvalue weighted by Crippen LogP contribution is -2.30. The largest absolute Gasteiger partial charge is 0.490 e. The van der Waals surface area contributed by atoms with E-state index in [-0.39, 0.29) is 12.5 Å². The summed E-state index contributed by atoms with van der Waals surface area (Å²) in [6.45, 7) is 6.66. The predicted octanol–water partition coefficient (Wildman–Crippen LogP) is 4.62. The van der Waals surface area contributed by atoms with Gasteiger partial charge in [-0.15, -0.1) is 0 Å². The summed E-state index contributed by atoms with van der Waals surface area (Å²) in [6.07, 6.45) is 1.67. The van der Waals surface area contributed by atoms with E-state index in [1.165, 1.54) is 0 Å². The summed E-state index contributed by atoms with van der Waals surface area (Å²) in [7, 11) is 0. The maximum Gasteiger partial charge on any atom is 0.254 e. The maximum atomic E-state index is 12.8. The summed E-state index contributed by atoms with van der Waals surface area (Å²) in [6, 6.07) is 14.1. The van der Waals surface area contributed by atoms with Crippen LogP contribution in [-0.4, -0.2) is 34.1 Å². The zero-order valence-corrected chi connectivity index (χ0v) is 16.2. The highest BCUT2D eigenvalue weighted by Crippen LogP contribution is 2.20. The molecule has 0 aliphatic carbocycles. The van der Waals surface area contributed by atoms with Crippen molar-refractivity contribution < 1.29 is 14.1 Å². The fourth-order valence-corrected chi connectivity index (χ4v) is 2.68. The number of nitrogens with zero attached hydrogens (tertiary/aromatic N) is 3. The van der Waals surface area contributed by atoms with Gasteiger partial charge >= 0.3 is 0 Å². The van der Waals surface area contributed by atoms with Crippen molar-refractivity contribution in [2.24, 2.45) is 0 Å². The molecule has 28 heavy (non-hydrogen) atoms. The van der Waals surface area contributed by atoms with Gasteiger partial charge in [0.1, 0.15) is 18.9 Å². The van der Waals surface area contributed by atoms with Gasteiger partial charge in [-0.2, -0.15) is 4.98 Å². The Morgan fingerprint density at radius 2 is 1.93 bits per heavy atom. The number of benzene rings is 2. The fraction of sp³-hybridized carbons (Fsp3) is 0.190. The van der Waals surface area contributed by atoms with Crippen LogP contribution >= 0.6 is 11.6 Å². The molecule has 0 aliphatic heterocycles. The SMILES string of the molecule is C=CCOc1ccc(C(=O)N(CC)Cc2nc(-c3ccc(Cl)cc3)no2)cc1. The van der Waals surface area contributed by atoms with Crippen molar-refractivity contribution in [1.29, 1.82) is 0 Å². The number of amides is 1. The topological polar surface area (TPSA) is 68.5 Å². The molecular weight excluding hydrogens is 378 g/mol. The Kier molecular flexibility index (Phi) is 6.45. The monoisotopic (exact) mass is 397 g/mol. The van der Waals surface area contributed by atoms with E-state index in [2.05, 4.69) is 16.7 Å². The summed E-state index contributed by atoms with van der Waals surface area (Å²) < 4.78 is 10.8. The van der Waals surface area contributed by atoms with Gasteiger partial charge in [0.05, 0.1) is 0 Å². The van der Waals surface area contributed by atoms with Crippen LogP contribution in [0, 0.1) is 0 Å². The first kappa shape index (κ1) is 19.6. The van der Waals surface area contributed by atoms with Gasteiger partial charge in [-0.05, 0) is 55.5 Å². The van der Waals surface area contributed by atoms with Crippen LogP contribution in [0.15, 0.2) is 65.7 Å². The van der Waals surface area contributed by atoms with Gasteiger partial charge < -0.3 is 14.2 Å². The van der Waals surface area contributed by atoms with Crippen molar-refractivity contribution in [3.63, 3.8) is 0 Å². The zero-order valence-electron chi connectivity index (χ0n) is 15.5. The molecule has 3 aromatic rings. The molecule has 0 N–H and O–H groups in total. The van der Waals surface area contributed by atoms with Crippen LogP contribution in [0.25, 0.3) is 11.4 Å². The second kappa shape index (κ2) is 9.19. The molecule has 0 atom stereocenters. The molecule has 144 valence electrons. The number of hydrogen-bond acceptors (Lipinski definition) is 5. The standard InChI is InChI=1S/C21H20ClN3O3/c1-3-13-27-18-11-7-16(8-12-18)21(26)25(4-2)14-19-23-20(24-28-19)15-5-9-17(22)10-6-15/h3,5-12H,1,4,13-14H2,2H3. The summed E-state index contributed by atoms with van der Waals surface area (Å²) in [5, 5.41) is 4.62. The van der Waals surface area contributed by atoms with E-state index in [9.17, 15) is 4.79 Å². The van der Waals surface area contributed by atoms with Crippen molar-refractivity contribution in [3.05, 3.63) is 77.7 Å². The molecule has 1 aromatic heterocycles. The normalized spacial score (nSPS) is 10.5. The van der Waals surface area contributed by atoms with E-state index in [0.29, 0.717) is 41.2 Å². The number of halogens is 1. The smallest absolute Gasteiger partial charge is 0.254 e. The zero-order chi connectivity index (χ0) is 19.9. The van der Waals surface area contributed by atoms with Crippen molar-refractivity contribution >= 4 is 17.5 Å². The van der Waals surface area contributed by atoms with Gasteiger partial charge in [0, 0.05) is 22.7 Å². The molecule has 0 spiro atoms. The molecule has 0 saturated heterocycles. The third kappa shape index (κ3) is 4.78. The highest BCUT2D eigenvalue weighted by molar-refractivity contribution is 6.30. The molecule has 1 heterocycles. The van der Waals surface area contributed by atoms with E-state index in [0.717, 1.165) is 5.56 Å². The number of rotatable bonds is 8. The average Bonchev–Trinajstić information content (AvgIpc) is 3.19. The van der Waals surface area contributed by atoms with Crippen LogP contribution in [0.3, 0.4) is 0 Å². The Labute approximate surface area is 168 Å². The molecule has 0 saturated carbocycles. The van der Waals surface area contributed by atoms with Crippen molar-refractivity contribution in [3.8, 4) is 17.1 Å². The predicted molar refractivity (Wildman–Crippen MR) is 107 cm³/mol. The number of carbonyl (C=O) groups excluding carboxylic acids is 1. The fourth-order valence-electron chi connectivity index (χ4n) is 2.56. The van der Waals surface area contributed by atoms with Gasteiger partial charge in [-0.3, -0.25) is 4.79 Å². The summed E-state index contributed by atoms with van der Waals surface area (Å²) in [5.74, 6) is 1.39. The number of carbonyl (C=O) groups is 1. The van der Waals surface area contributed by atoms with Crippen molar-refractivity contribution in [1.82, 2.24) is 15.0 Å². The first-order chi connectivity index (χ1) is 13.6. The van der Waals surface area contributed by atoms with Gasteiger partial charge in [-0.1, -0.05) is 29.4 Å². The van der Waals surface area contributed by atoms with Crippen LogP contribution in [0.2, 0.25) is 5.02 Å². The van der Waals surface area contributed by atoms with Gasteiger partial charge in [-0.25, -0.2) is 0 Å². The lowest BCUT2D eigenvalue weighted by molar-refractivity contribution is 0.0734. The minimum absolute atomic E-state index is 0.121. The summed E-state index contributed by atoms with van der Waals surface area (Å²) in [4.78, 5) is 18.8. The van der Waals surface area contributed by atoms with Gasteiger partial charge in [0.2, 0.25) is 11.7 Å². The molecule has 3 rings (SSSR count). The highest BCUT2D eigenvalue weighted by Gasteiger charge is 2.18. The van der Waals surface area contributed by atoms with Crippen LogP contribution in [0.1, 0.15) is 23.2 Å². The van der Waals surface area contributed by atoms with E-state index in [1.807, 2.05) is 19.1 Å². The minimum atomic E-state index is -0.121. The molecule has 0 aliphatic rings. The number of ether oxygens (including phenoxy) is 1. The third-order valence-electron chi connectivity index (χ3n) is 4.03. The quantitative estimate of drug-likeness (QED) is 0.519. The number of aromatic nitrogens is 2. The van der Waals surface area contributed by atoms with Crippen LogP contribution in [-0.2, 0) is 6.54 Å². The van der Waals surface area contributed by atoms with E-state index in [1.54, 1.807) is 47.4 Å². The second-order valence-corrected chi connectivity index (χ2v) is 6.40. The lowest BCUT2D eigenvalue weighted by Gasteiger charge is -2.19. The average molecular weight is 398 g/mol. The van der Waals surface area contributed by atoms with E-state index >= 15 is 0 Å². The van der Waals surface area contributed by atoms with Gasteiger partial charge in [0.15, 0.2) is 0 Å². The Morgan fingerprint density at radius 1 is 1.21 bits per heavy atom. The lowest BCUT2D eigenvalue weighted by atomic mass is 10.2. The Hall–Kier alpha value is -3.12. The first-order valence-electron chi connectivity index (χ1n) is 8.82. The maximum absolute atomic E-state index is 12.8. The molecular formula is C21H20ClN3O3. The Balaban J connectivity index is 1.69. The van der Waals surface area contributed by atoms with Crippen molar-refractivity contribution in [2.45, 2.75) is 13.5 Å². The third-order valence-corrected chi connectivity index (χ3v) is 4.29. The molecule has 0 fully saturated rings. The first-order valence-corrected chi connectivity index (χ1v) is 9.20. The molecule has 7 heteroatoms. The van der Waals surface area contributed by atoms with Gasteiger partial charge in [0.25, 0.3) is 5.91 Å². The molecule has 0 unspecified atom stereocenters. The second-order valence-electron chi connectivity index (χ2n) is 5.96. The van der Waals surface area contributed by atoms with Crippen LogP contribution in [0.4, 0.5) is 0 Å². The molecule has 0 bridgehead atoms. The molecule has 2 aromatic carbocycles. The van der Waals surface area contributed by atoms with E-state index in [4.69, 9.17) is 20.9 Å². The van der Waals surface area contributed by atoms with E-state index < -0.39 is 0 Å². The van der Waals surface area contributed by atoms with Crippen molar-refractivity contribution in [2.75, 3.05) is 13.2 Å². The Morgan fingerprint density at radius 3 is 2.57 bits per heavy atom. The number of hydrogen-bond donors (Lipinski definition) is 0. The van der Waals surface area contributed by atoms with Crippen LogP contribution < -0.4 is 4.74 Å². The summed E-state index contributed by atoms with van der Waals surface area (Å²) in [5.41, 5.74) is 1.36. The Bertz CT molecular complexity index is 936. The molecule has 0 radical (unpaired) electrons. The molecule has 6 nitrogen and oxygen atoms in total. The highest BCUT2D eigenvalue weighted by atomic mass is 35.5. The molecule has 1 amide bonds. The minimum Gasteiger partial charge on any atom is -0.490 e. The summed E-state index contributed by atoms with van der Waals surface area (Å²) >= 11 is 5.90. The van der Waals surface area contributed by atoms with Crippen LogP contribution in [0.5, 0.6) is 5.75 Å².